The number of likely N-dealkylation sites (N-methyl/N-ethyl adjacent to an activating group) is 1. The number of hydrogen-bond acceptors (Lipinski definition) is 3. The number of benzene rings is 1. The molecule has 21 heavy (non-hydrogen) atoms. The van der Waals surface area contributed by atoms with Crippen molar-refractivity contribution in [3.05, 3.63) is 34.6 Å². The standard InChI is InChI=1S/C16H27ClFN3/c1-5-16(4,21(6-2)7-3)15(20-19)10-12-8-9-13(18)11-14(12)17/h8-9,11,15,20H,5-7,10,19H2,1-4H3. The summed E-state index contributed by atoms with van der Waals surface area (Å²) in [6.07, 6.45) is 1.62. The number of rotatable bonds is 8. The topological polar surface area (TPSA) is 41.3 Å². The zero-order valence-corrected chi connectivity index (χ0v) is 14.2. The van der Waals surface area contributed by atoms with Crippen LogP contribution >= 0.6 is 11.6 Å². The third-order valence-corrected chi connectivity index (χ3v) is 4.94. The first-order valence-corrected chi connectivity index (χ1v) is 7.95. The first-order chi connectivity index (χ1) is 9.92. The van der Waals surface area contributed by atoms with Crippen molar-refractivity contribution in [2.45, 2.75) is 52.1 Å². The fourth-order valence-electron chi connectivity index (χ4n) is 3.00. The summed E-state index contributed by atoms with van der Waals surface area (Å²) in [5.41, 5.74) is 3.76. The molecule has 0 saturated carbocycles. The fraction of sp³-hybridized carbons (Fsp3) is 0.625. The van der Waals surface area contributed by atoms with Gasteiger partial charge < -0.3 is 0 Å². The van der Waals surface area contributed by atoms with Crippen LogP contribution in [-0.2, 0) is 6.42 Å². The molecule has 3 N–H and O–H groups in total. The lowest BCUT2D eigenvalue weighted by Crippen LogP contribution is -2.61. The number of halogens is 2. The SMILES string of the molecule is CCN(CC)C(C)(CC)C(Cc1ccc(F)cc1Cl)NN. The molecule has 0 aliphatic carbocycles. The maximum absolute atomic E-state index is 13.2. The van der Waals surface area contributed by atoms with Gasteiger partial charge in [-0.2, -0.15) is 0 Å². The lowest BCUT2D eigenvalue weighted by atomic mass is 9.83. The molecule has 0 aliphatic heterocycles. The minimum Gasteiger partial charge on any atom is -0.297 e. The molecule has 1 rings (SSSR count). The van der Waals surface area contributed by atoms with Gasteiger partial charge in [0, 0.05) is 16.6 Å². The Morgan fingerprint density at radius 2 is 1.95 bits per heavy atom. The van der Waals surface area contributed by atoms with E-state index in [1.807, 2.05) is 0 Å². The summed E-state index contributed by atoms with van der Waals surface area (Å²) in [6, 6.07) is 4.56. The van der Waals surface area contributed by atoms with Crippen LogP contribution < -0.4 is 11.3 Å². The molecule has 2 atom stereocenters. The molecule has 1 aromatic rings. The molecule has 3 nitrogen and oxygen atoms in total. The Balaban J connectivity index is 3.04. The fourth-order valence-corrected chi connectivity index (χ4v) is 3.25. The molecule has 0 heterocycles. The van der Waals surface area contributed by atoms with E-state index in [0.29, 0.717) is 11.4 Å². The zero-order valence-electron chi connectivity index (χ0n) is 13.4. The zero-order chi connectivity index (χ0) is 16.0. The van der Waals surface area contributed by atoms with Gasteiger partial charge in [-0.05, 0) is 50.6 Å². The minimum atomic E-state index is -0.317. The van der Waals surface area contributed by atoms with Crippen molar-refractivity contribution >= 4 is 11.6 Å². The summed E-state index contributed by atoms with van der Waals surface area (Å²) in [4.78, 5) is 2.40. The lowest BCUT2D eigenvalue weighted by molar-refractivity contribution is 0.0701. The van der Waals surface area contributed by atoms with Crippen LogP contribution in [0, 0.1) is 5.82 Å². The highest BCUT2D eigenvalue weighted by atomic mass is 35.5. The van der Waals surface area contributed by atoms with Crippen LogP contribution in [-0.4, -0.2) is 29.6 Å². The van der Waals surface area contributed by atoms with E-state index in [2.05, 4.69) is 38.0 Å². The van der Waals surface area contributed by atoms with E-state index in [-0.39, 0.29) is 17.4 Å². The Bertz CT molecular complexity index is 451. The predicted molar refractivity (Wildman–Crippen MR) is 87.8 cm³/mol. The van der Waals surface area contributed by atoms with Crippen molar-refractivity contribution in [3.63, 3.8) is 0 Å². The number of nitrogens with one attached hydrogen (secondary N) is 1. The van der Waals surface area contributed by atoms with Crippen LogP contribution in [0.5, 0.6) is 0 Å². The van der Waals surface area contributed by atoms with E-state index < -0.39 is 0 Å². The summed E-state index contributed by atoms with van der Waals surface area (Å²) in [5.74, 6) is 5.50. The van der Waals surface area contributed by atoms with Gasteiger partial charge in [-0.1, -0.05) is 38.4 Å². The predicted octanol–water partition coefficient (Wildman–Crippen LogP) is 3.36. The van der Waals surface area contributed by atoms with Gasteiger partial charge in [0.2, 0.25) is 0 Å². The Labute approximate surface area is 132 Å². The highest BCUT2D eigenvalue weighted by molar-refractivity contribution is 6.31. The van der Waals surface area contributed by atoms with Gasteiger partial charge in [0.1, 0.15) is 5.82 Å². The third kappa shape index (κ3) is 4.16. The van der Waals surface area contributed by atoms with E-state index in [1.54, 1.807) is 6.07 Å². The van der Waals surface area contributed by atoms with Gasteiger partial charge in [0.15, 0.2) is 0 Å². The normalized spacial score (nSPS) is 16.0. The quantitative estimate of drug-likeness (QED) is 0.571. The summed E-state index contributed by atoms with van der Waals surface area (Å²) < 4.78 is 13.2. The van der Waals surface area contributed by atoms with Crippen LogP contribution in [0.2, 0.25) is 5.02 Å². The molecule has 5 heteroatoms. The van der Waals surface area contributed by atoms with Gasteiger partial charge >= 0.3 is 0 Å². The second-order valence-electron chi connectivity index (χ2n) is 5.54. The molecular formula is C16H27ClFN3. The monoisotopic (exact) mass is 315 g/mol. The average Bonchev–Trinajstić information content (AvgIpc) is 2.47. The summed E-state index contributed by atoms with van der Waals surface area (Å²) in [7, 11) is 0. The van der Waals surface area contributed by atoms with Gasteiger partial charge in [0.05, 0.1) is 0 Å². The van der Waals surface area contributed by atoms with E-state index in [9.17, 15) is 4.39 Å². The average molecular weight is 316 g/mol. The molecule has 0 radical (unpaired) electrons. The molecular weight excluding hydrogens is 289 g/mol. The molecule has 120 valence electrons. The molecule has 0 aliphatic rings. The van der Waals surface area contributed by atoms with Crippen molar-refractivity contribution < 1.29 is 4.39 Å². The third-order valence-electron chi connectivity index (χ3n) is 4.59. The van der Waals surface area contributed by atoms with Crippen LogP contribution in [0.1, 0.15) is 39.7 Å². The largest absolute Gasteiger partial charge is 0.297 e. The Kier molecular flexibility index (Phi) is 7.07. The van der Waals surface area contributed by atoms with E-state index in [0.717, 1.165) is 25.1 Å². The van der Waals surface area contributed by atoms with Crippen molar-refractivity contribution in [1.29, 1.82) is 0 Å². The van der Waals surface area contributed by atoms with Gasteiger partial charge in [0.25, 0.3) is 0 Å². The van der Waals surface area contributed by atoms with Gasteiger partial charge in [-0.15, -0.1) is 0 Å². The molecule has 0 amide bonds. The van der Waals surface area contributed by atoms with Gasteiger partial charge in [-0.3, -0.25) is 16.2 Å². The van der Waals surface area contributed by atoms with Crippen molar-refractivity contribution in [3.8, 4) is 0 Å². The van der Waals surface area contributed by atoms with Crippen LogP contribution in [0.3, 0.4) is 0 Å². The van der Waals surface area contributed by atoms with Crippen molar-refractivity contribution in [1.82, 2.24) is 10.3 Å². The Hall–Kier alpha value is -0.680. The summed E-state index contributed by atoms with van der Waals surface area (Å²) in [5, 5.41) is 0.452. The van der Waals surface area contributed by atoms with E-state index >= 15 is 0 Å². The highest BCUT2D eigenvalue weighted by Gasteiger charge is 2.36. The second-order valence-corrected chi connectivity index (χ2v) is 5.95. The van der Waals surface area contributed by atoms with E-state index in [4.69, 9.17) is 17.4 Å². The maximum Gasteiger partial charge on any atom is 0.124 e. The molecule has 2 unspecified atom stereocenters. The summed E-state index contributed by atoms with van der Waals surface area (Å²) >= 11 is 6.15. The maximum atomic E-state index is 13.2. The van der Waals surface area contributed by atoms with Crippen molar-refractivity contribution in [2.24, 2.45) is 5.84 Å². The molecule has 0 bridgehead atoms. The van der Waals surface area contributed by atoms with Crippen LogP contribution in [0.25, 0.3) is 0 Å². The highest BCUT2D eigenvalue weighted by Crippen LogP contribution is 2.28. The van der Waals surface area contributed by atoms with Crippen molar-refractivity contribution in [2.75, 3.05) is 13.1 Å². The number of hydrazine groups is 1. The van der Waals surface area contributed by atoms with E-state index in [1.165, 1.54) is 12.1 Å². The van der Waals surface area contributed by atoms with Crippen LogP contribution in [0.15, 0.2) is 18.2 Å². The van der Waals surface area contributed by atoms with Crippen LogP contribution in [0.4, 0.5) is 4.39 Å². The second kappa shape index (κ2) is 8.08. The molecule has 0 fully saturated rings. The first-order valence-electron chi connectivity index (χ1n) is 7.57. The Morgan fingerprint density at radius 3 is 2.38 bits per heavy atom. The summed E-state index contributed by atoms with van der Waals surface area (Å²) in [6.45, 7) is 10.6. The molecule has 0 saturated heterocycles. The minimum absolute atomic E-state index is 0.0327. The number of nitrogens with zero attached hydrogens (tertiary/aromatic N) is 1. The first kappa shape index (κ1) is 18.4. The molecule has 0 aromatic heterocycles. The Morgan fingerprint density at radius 1 is 1.33 bits per heavy atom. The molecule has 1 aromatic carbocycles. The lowest BCUT2D eigenvalue weighted by Gasteiger charge is -2.45. The van der Waals surface area contributed by atoms with Gasteiger partial charge in [-0.25, -0.2) is 4.39 Å². The number of nitrogens with two attached hydrogens (primary N) is 1. The molecule has 0 spiro atoms. The number of hydrogen-bond donors (Lipinski definition) is 2. The smallest absolute Gasteiger partial charge is 0.124 e.